The Morgan fingerprint density at radius 3 is 2.42 bits per heavy atom. The number of rotatable bonds is 6. The first-order valence-electron chi connectivity index (χ1n) is 12.4. The van der Waals surface area contributed by atoms with Crippen molar-refractivity contribution in [1.82, 2.24) is 9.55 Å². The van der Waals surface area contributed by atoms with E-state index in [1.165, 1.54) is 4.57 Å². The van der Waals surface area contributed by atoms with Crippen LogP contribution in [0.5, 0.6) is 0 Å². The second-order valence-corrected chi connectivity index (χ2v) is 9.64. The first-order chi connectivity index (χ1) is 17.5. The van der Waals surface area contributed by atoms with Crippen LogP contribution in [0.2, 0.25) is 0 Å². The Morgan fingerprint density at radius 1 is 1.06 bits per heavy atom. The van der Waals surface area contributed by atoms with Gasteiger partial charge in [0.05, 0.1) is 16.9 Å². The predicted octanol–water partition coefficient (Wildman–Crippen LogP) is 4.26. The minimum absolute atomic E-state index is 0.0570. The van der Waals surface area contributed by atoms with Gasteiger partial charge in [-0.25, -0.2) is 4.98 Å². The summed E-state index contributed by atoms with van der Waals surface area (Å²) in [5.74, 6) is 0.273. The smallest absolute Gasteiger partial charge is 0.270 e. The number of oxime groups is 1. The number of aryl methyl sites for hydroxylation is 1. The van der Waals surface area contributed by atoms with Crippen LogP contribution in [0.4, 0.5) is 5.69 Å². The van der Waals surface area contributed by atoms with Gasteiger partial charge in [-0.2, -0.15) is 10.5 Å². The molecule has 1 aromatic carbocycles. The molecule has 0 amide bonds. The maximum Gasteiger partial charge on any atom is 0.270 e. The van der Waals surface area contributed by atoms with E-state index in [1.54, 1.807) is 19.2 Å². The average Bonchev–Trinajstić information content (AvgIpc) is 3.75. The van der Waals surface area contributed by atoms with Crippen molar-refractivity contribution in [2.75, 3.05) is 11.9 Å². The topological polar surface area (TPSA) is 107 Å². The summed E-state index contributed by atoms with van der Waals surface area (Å²) in [6.07, 6.45) is 5.95. The average molecular weight is 481 g/mol. The number of pyridine rings is 2. The van der Waals surface area contributed by atoms with Crippen molar-refractivity contribution in [1.29, 1.82) is 10.5 Å². The van der Waals surface area contributed by atoms with E-state index in [1.807, 2.05) is 30.1 Å². The molecule has 3 aromatic rings. The van der Waals surface area contributed by atoms with Gasteiger partial charge in [-0.15, -0.1) is 0 Å². The van der Waals surface area contributed by atoms with Crippen molar-refractivity contribution in [3.8, 4) is 12.1 Å². The summed E-state index contributed by atoms with van der Waals surface area (Å²) in [6.45, 7) is 0. The van der Waals surface area contributed by atoms with Gasteiger partial charge in [0.2, 0.25) is 0 Å². The fourth-order valence-electron chi connectivity index (χ4n) is 5.10. The molecule has 0 saturated heterocycles. The fourth-order valence-corrected chi connectivity index (χ4v) is 5.10. The van der Waals surface area contributed by atoms with Crippen molar-refractivity contribution in [2.24, 2.45) is 18.1 Å². The lowest BCUT2D eigenvalue weighted by Crippen LogP contribution is -2.38. The largest absolute Gasteiger partial charge is 0.392 e. The molecule has 0 spiro atoms. The first kappa shape index (κ1) is 23.6. The van der Waals surface area contributed by atoms with E-state index >= 15 is 0 Å². The van der Waals surface area contributed by atoms with E-state index in [-0.39, 0.29) is 34.9 Å². The van der Waals surface area contributed by atoms with E-state index < -0.39 is 0 Å². The summed E-state index contributed by atoms with van der Waals surface area (Å²) >= 11 is 0. The molecule has 0 atom stereocenters. The van der Waals surface area contributed by atoms with Crippen LogP contribution in [-0.4, -0.2) is 34.5 Å². The molecule has 0 N–H and O–H groups in total. The van der Waals surface area contributed by atoms with E-state index in [0.717, 1.165) is 49.8 Å². The van der Waals surface area contributed by atoms with Crippen LogP contribution in [0.25, 0.3) is 11.0 Å². The van der Waals surface area contributed by atoms with Crippen molar-refractivity contribution in [3.63, 3.8) is 0 Å². The van der Waals surface area contributed by atoms with Crippen molar-refractivity contribution in [2.45, 2.75) is 50.7 Å². The number of hydrogen-bond donors (Lipinski definition) is 0. The summed E-state index contributed by atoms with van der Waals surface area (Å²) in [7, 11) is 3.55. The molecular weight excluding hydrogens is 452 g/mol. The SMILES string of the molecule is Cn1c(=O)c(C#N)c(N(C)[C@H]2CC[C@@H](/C(=N/OC3CC3)c3ccccc3)CC2)c2nc(C#N)ccc21. The Labute approximate surface area is 210 Å². The molecule has 2 aromatic heterocycles. The Bertz CT molecular complexity index is 1450. The third-order valence-corrected chi connectivity index (χ3v) is 7.32. The Kier molecular flexibility index (Phi) is 6.43. The highest BCUT2D eigenvalue weighted by atomic mass is 16.6. The van der Waals surface area contributed by atoms with Crippen LogP contribution in [-0.2, 0) is 11.9 Å². The Morgan fingerprint density at radius 2 is 1.78 bits per heavy atom. The van der Waals surface area contributed by atoms with Gasteiger partial charge in [0.25, 0.3) is 5.56 Å². The number of anilines is 1. The molecule has 2 aliphatic rings. The minimum atomic E-state index is -0.359. The normalized spacial score (nSPS) is 19.9. The van der Waals surface area contributed by atoms with Gasteiger partial charge in [-0.1, -0.05) is 35.5 Å². The highest BCUT2D eigenvalue weighted by molar-refractivity contribution is 6.02. The number of nitrogens with zero attached hydrogens (tertiary/aromatic N) is 6. The molecule has 8 heteroatoms. The minimum Gasteiger partial charge on any atom is -0.392 e. The third kappa shape index (κ3) is 4.43. The molecule has 0 bridgehead atoms. The first-order valence-corrected chi connectivity index (χ1v) is 12.4. The second-order valence-electron chi connectivity index (χ2n) is 9.64. The lowest BCUT2D eigenvalue weighted by Gasteiger charge is -2.37. The number of aromatic nitrogens is 2. The van der Waals surface area contributed by atoms with Crippen LogP contribution in [0, 0.1) is 28.6 Å². The fraction of sp³-hybridized carbons (Fsp3) is 0.393. The summed E-state index contributed by atoms with van der Waals surface area (Å²) in [6, 6.07) is 17.8. The summed E-state index contributed by atoms with van der Waals surface area (Å²) in [5.41, 5.74) is 3.65. The van der Waals surface area contributed by atoms with Crippen LogP contribution in [0.1, 0.15) is 55.3 Å². The maximum atomic E-state index is 13.0. The third-order valence-electron chi connectivity index (χ3n) is 7.32. The zero-order valence-corrected chi connectivity index (χ0v) is 20.5. The molecule has 0 unspecified atom stereocenters. The van der Waals surface area contributed by atoms with Gasteiger partial charge < -0.3 is 14.3 Å². The number of benzene rings is 1. The van der Waals surface area contributed by atoms with Crippen molar-refractivity contribution >= 4 is 22.4 Å². The predicted molar refractivity (Wildman–Crippen MR) is 138 cm³/mol. The molecule has 8 nitrogen and oxygen atoms in total. The molecule has 2 aliphatic carbocycles. The maximum absolute atomic E-state index is 13.0. The molecular formula is C28H28N6O2. The van der Waals surface area contributed by atoms with Crippen LogP contribution in [0.15, 0.2) is 52.4 Å². The molecule has 0 radical (unpaired) electrons. The molecule has 5 rings (SSSR count). The lowest BCUT2D eigenvalue weighted by atomic mass is 9.80. The van der Waals surface area contributed by atoms with E-state index in [0.29, 0.717) is 16.7 Å². The molecule has 36 heavy (non-hydrogen) atoms. The van der Waals surface area contributed by atoms with Gasteiger partial charge in [0.1, 0.15) is 35.0 Å². The summed E-state index contributed by atoms with van der Waals surface area (Å²) < 4.78 is 1.43. The molecule has 2 saturated carbocycles. The summed E-state index contributed by atoms with van der Waals surface area (Å²) in [4.78, 5) is 25.3. The molecule has 0 aliphatic heterocycles. The Hall–Kier alpha value is -4.17. The van der Waals surface area contributed by atoms with Crippen LogP contribution < -0.4 is 10.5 Å². The zero-order valence-electron chi connectivity index (χ0n) is 20.5. The van der Waals surface area contributed by atoms with E-state index in [9.17, 15) is 15.3 Å². The highest BCUT2D eigenvalue weighted by Crippen LogP contribution is 2.35. The van der Waals surface area contributed by atoms with Gasteiger partial charge in [0, 0.05) is 26.1 Å². The van der Waals surface area contributed by atoms with Crippen LogP contribution in [0.3, 0.4) is 0 Å². The monoisotopic (exact) mass is 480 g/mol. The van der Waals surface area contributed by atoms with Crippen LogP contribution >= 0.6 is 0 Å². The number of hydrogen-bond acceptors (Lipinski definition) is 7. The number of fused-ring (bicyclic) bond motifs is 1. The van der Waals surface area contributed by atoms with Gasteiger partial charge >= 0.3 is 0 Å². The van der Waals surface area contributed by atoms with Gasteiger partial charge in [-0.3, -0.25) is 4.79 Å². The van der Waals surface area contributed by atoms with Gasteiger partial charge in [-0.05, 0) is 56.2 Å². The summed E-state index contributed by atoms with van der Waals surface area (Å²) in [5, 5.41) is 23.9. The Balaban J connectivity index is 1.44. The lowest BCUT2D eigenvalue weighted by molar-refractivity contribution is 0.127. The standard InChI is InChI=1S/C28H28N6O2/c1-33(27-23(17-30)28(35)34(2)24-15-10-20(16-29)31-26(24)27)21-11-8-19(9-12-21)25(32-36-22-13-14-22)18-6-4-3-5-7-18/h3-7,10,15,19,21-22H,8-9,11-14H2,1-2H3/b32-25+/t19-,21+. The number of nitriles is 2. The molecule has 2 fully saturated rings. The van der Waals surface area contributed by atoms with Crippen molar-refractivity contribution < 1.29 is 4.84 Å². The van der Waals surface area contributed by atoms with Gasteiger partial charge in [0.15, 0.2) is 0 Å². The van der Waals surface area contributed by atoms with E-state index in [4.69, 9.17) is 4.84 Å². The molecule has 182 valence electrons. The zero-order chi connectivity index (χ0) is 25.2. The van der Waals surface area contributed by atoms with Crippen molar-refractivity contribution in [3.05, 3.63) is 69.6 Å². The second kappa shape index (κ2) is 9.83. The van der Waals surface area contributed by atoms with E-state index in [2.05, 4.69) is 34.4 Å². The molecule has 2 heterocycles. The quantitative estimate of drug-likeness (QED) is 0.385. The highest BCUT2D eigenvalue weighted by Gasteiger charge is 2.32.